The van der Waals surface area contributed by atoms with E-state index < -0.39 is 5.82 Å². The second-order valence-electron chi connectivity index (χ2n) is 10.7. The Morgan fingerprint density at radius 3 is 2.66 bits per heavy atom. The molecule has 2 saturated heterocycles. The zero-order valence-corrected chi connectivity index (χ0v) is 23.2. The molecule has 2 aliphatic heterocycles. The maximum Gasteiger partial charge on any atom is 0.245 e. The van der Waals surface area contributed by atoms with Gasteiger partial charge in [-0.2, -0.15) is 0 Å². The average Bonchev–Trinajstić information content (AvgIpc) is 3.39. The van der Waals surface area contributed by atoms with Crippen molar-refractivity contribution in [2.24, 2.45) is 0 Å². The number of amides is 1. The lowest BCUT2D eigenvalue weighted by atomic mass is 9.89. The summed E-state index contributed by atoms with van der Waals surface area (Å²) in [6.07, 6.45) is 8.08. The fraction of sp³-hybridized carbons (Fsp3) is 0.333. The van der Waals surface area contributed by atoms with Gasteiger partial charge in [0.2, 0.25) is 5.91 Å². The number of benzene rings is 1. The lowest BCUT2D eigenvalue weighted by Crippen LogP contribution is -2.57. The van der Waals surface area contributed by atoms with Crippen LogP contribution < -0.4 is 15.0 Å². The van der Waals surface area contributed by atoms with Crippen LogP contribution in [0, 0.1) is 5.82 Å². The summed E-state index contributed by atoms with van der Waals surface area (Å²) in [6.45, 7) is 6.71. The molecule has 1 aromatic carbocycles. The lowest BCUT2D eigenvalue weighted by Gasteiger charge is -2.43. The number of hydrogen-bond donors (Lipinski definition) is 2. The van der Waals surface area contributed by atoms with E-state index in [1.54, 1.807) is 24.4 Å². The van der Waals surface area contributed by atoms with Crippen molar-refractivity contribution in [3.63, 3.8) is 0 Å². The summed E-state index contributed by atoms with van der Waals surface area (Å²) in [5.74, 6) is 2.05. The molecule has 10 nitrogen and oxygen atoms in total. The first kappa shape index (κ1) is 26.7. The van der Waals surface area contributed by atoms with E-state index in [4.69, 9.17) is 4.74 Å². The van der Waals surface area contributed by atoms with Crippen molar-refractivity contribution in [1.29, 1.82) is 0 Å². The first-order valence-electron chi connectivity index (χ1n) is 13.7. The molecule has 0 unspecified atom stereocenters. The van der Waals surface area contributed by atoms with Gasteiger partial charge in [0.05, 0.1) is 11.1 Å². The Hall–Kier alpha value is -4.51. The van der Waals surface area contributed by atoms with Crippen LogP contribution in [0.1, 0.15) is 24.3 Å². The van der Waals surface area contributed by atoms with Gasteiger partial charge in [0, 0.05) is 56.7 Å². The zero-order chi connectivity index (χ0) is 28.5. The van der Waals surface area contributed by atoms with Gasteiger partial charge in [-0.15, -0.1) is 0 Å². The van der Waals surface area contributed by atoms with Crippen LogP contribution in [0.4, 0.5) is 21.7 Å². The number of H-pyrrole nitrogens is 1. The van der Waals surface area contributed by atoms with Gasteiger partial charge >= 0.3 is 0 Å². The van der Waals surface area contributed by atoms with E-state index in [1.165, 1.54) is 18.5 Å². The molecule has 0 saturated carbocycles. The third-order valence-corrected chi connectivity index (χ3v) is 7.98. The van der Waals surface area contributed by atoms with E-state index in [1.807, 2.05) is 17.2 Å². The van der Waals surface area contributed by atoms with E-state index in [0.29, 0.717) is 42.1 Å². The predicted octanol–water partition coefficient (Wildman–Crippen LogP) is 4.67. The van der Waals surface area contributed by atoms with Gasteiger partial charge in [-0.25, -0.2) is 19.3 Å². The molecule has 0 radical (unpaired) electrons. The van der Waals surface area contributed by atoms with Crippen LogP contribution in [0.15, 0.2) is 61.7 Å². The fourth-order valence-corrected chi connectivity index (χ4v) is 5.47. The number of anilines is 3. The molecule has 2 fully saturated rings. The largest absolute Gasteiger partial charge is 0.457 e. The molecular formula is C30H33FN8O2. The number of ether oxygens (including phenoxy) is 1. The highest BCUT2D eigenvalue weighted by atomic mass is 19.1. The molecule has 5 heterocycles. The van der Waals surface area contributed by atoms with E-state index in [-0.39, 0.29) is 17.5 Å². The van der Waals surface area contributed by atoms with Gasteiger partial charge in [-0.1, -0.05) is 6.58 Å². The summed E-state index contributed by atoms with van der Waals surface area (Å²) >= 11 is 0. The Kier molecular flexibility index (Phi) is 7.27. The van der Waals surface area contributed by atoms with Crippen molar-refractivity contribution in [3.05, 3.63) is 73.1 Å². The fourth-order valence-electron chi connectivity index (χ4n) is 5.47. The van der Waals surface area contributed by atoms with Gasteiger partial charge < -0.3 is 29.7 Å². The number of likely N-dealkylation sites (N-methyl/N-ethyl adjacent to an activating group) is 1. The highest BCUT2D eigenvalue weighted by Gasteiger charge is 2.29. The van der Waals surface area contributed by atoms with Gasteiger partial charge in [0.25, 0.3) is 0 Å². The van der Waals surface area contributed by atoms with Crippen LogP contribution in [-0.4, -0.2) is 82.0 Å². The lowest BCUT2D eigenvalue weighted by molar-refractivity contribution is -0.127. The van der Waals surface area contributed by atoms with Crippen molar-refractivity contribution in [2.75, 3.05) is 50.5 Å². The highest BCUT2D eigenvalue weighted by Crippen LogP contribution is 2.37. The number of aromatic amines is 1. The van der Waals surface area contributed by atoms with E-state index in [9.17, 15) is 4.79 Å². The summed E-state index contributed by atoms with van der Waals surface area (Å²) in [5, 5.41) is 3.99. The van der Waals surface area contributed by atoms with Gasteiger partial charge in [0.1, 0.15) is 40.9 Å². The minimum absolute atomic E-state index is 0.0466. The molecule has 6 rings (SSSR count). The molecule has 2 aliphatic rings. The number of aromatic nitrogens is 4. The van der Waals surface area contributed by atoms with Crippen LogP contribution in [0.5, 0.6) is 11.5 Å². The van der Waals surface area contributed by atoms with Crippen molar-refractivity contribution in [2.45, 2.75) is 24.8 Å². The standard InChI is InChI=1S/C30H33FN8O2/c1-4-27(40)38-11-8-19(9-12-38)23-15-33-29-28(23)30(35-18-34-29)36-25-6-5-21(13-24(25)31)41-22-7-10-32-26(14-22)39-16-20(17-39)37(2)3/h4-7,10,13-15,18-20H,1,8-9,11-12,16-17H2,2-3H3,(H2,33,34,35,36). The second kappa shape index (κ2) is 11.2. The highest BCUT2D eigenvalue weighted by molar-refractivity contribution is 5.92. The molecule has 1 amide bonds. The van der Waals surface area contributed by atoms with Crippen LogP contribution in [0.2, 0.25) is 0 Å². The summed E-state index contributed by atoms with van der Waals surface area (Å²) in [4.78, 5) is 34.7. The summed E-state index contributed by atoms with van der Waals surface area (Å²) in [7, 11) is 4.15. The van der Waals surface area contributed by atoms with Crippen LogP contribution in [0.3, 0.4) is 0 Å². The number of piperidine rings is 1. The number of nitrogens with zero attached hydrogens (tertiary/aromatic N) is 6. The van der Waals surface area contributed by atoms with E-state index in [0.717, 1.165) is 42.7 Å². The minimum Gasteiger partial charge on any atom is -0.457 e. The molecular weight excluding hydrogens is 523 g/mol. The number of fused-ring (bicyclic) bond motifs is 1. The maximum absolute atomic E-state index is 15.3. The molecule has 0 spiro atoms. The third-order valence-electron chi connectivity index (χ3n) is 7.98. The Bertz CT molecular complexity index is 1570. The summed E-state index contributed by atoms with van der Waals surface area (Å²) < 4.78 is 21.3. The number of pyridine rings is 1. The number of halogens is 1. The Balaban J connectivity index is 1.16. The normalized spacial score (nSPS) is 16.2. The Labute approximate surface area is 237 Å². The summed E-state index contributed by atoms with van der Waals surface area (Å²) in [6, 6.07) is 8.87. The topological polar surface area (TPSA) is 103 Å². The monoisotopic (exact) mass is 556 g/mol. The van der Waals surface area contributed by atoms with Crippen molar-refractivity contribution < 1.29 is 13.9 Å². The first-order chi connectivity index (χ1) is 19.9. The van der Waals surface area contributed by atoms with Crippen molar-refractivity contribution >= 4 is 34.3 Å². The SMILES string of the molecule is C=CC(=O)N1CCC(c2c[nH]c3ncnc(Nc4ccc(Oc5ccnc(N6CC(N(C)C)C6)c5)cc4F)c23)CC1. The van der Waals surface area contributed by atoms with Gasteiger partial charge in [-0.05, 0) is 62.7 Å². The van der Waals surface area contributed by atoms with Crippen molar-refractivity contribution in [3.8, 4) is 11.5 Å². The number of carbonyl (C=O) groups excluding carboxylic acids is 1. The molecule has 0 atom stereocenters. The minimum atomic E-state index is -0.464. The molecule has 3 aromatic heterocycles. The number of rotatable bonds is 8. The maximum atomic E-state index is 15.3. The quantitative estimate of drug-likeness (QED) is 0.302. The zero-order valence-electron chi connectivity index (χ0n) is 23.2. The Morgan fingerprint density at radius 1 is 1.15 bits per heavy atom. The number of likely N-dealkylation sites (tertiary alicyclic amines) is 1. The summed E-state index contributed by atoms with van der Waals surface area (Å²) in [5.41, 5.74) is 2.01. The number of carbonyl (C=O) groups is 1. The van der Waals surface area contributed by atoms with Gasteiger partial charge in [0.15, 0.2) is 0 Å². The van der Waals surface area contributed by atoms with E-state index >= 15 is 4.39 Å². The molecule has 0 bridgehead atoms. The van der Waals surface area contributed by atoms with Crippen LogP contribution in [0.25, 0.3) is 11.0 Å². The molecule has 11 heteroatoms. The van der Waals surface area contributed by atoms with E-state index in [2.05, 4.69) is 55.7 Å². The predicted molar refractivity (Wildman–Crippen MR) is 156 cm³/mol. The first-order valence-corrected chi connectivity index (χ1v) is 13.7. The second-order valence-corrected chi connectivity index (χ2v) is 10.7. The van der Waals surface area contributed by atoms with Crippen molar-refractivity contribution in [1.82, 2.24) is 29.7 Å². The number of nitrogens with one attached hydrogen (secondary N) is 2. The number of hydrogen-bond acceptors (Lipinski definition) is 8. The van der Waals surface area contributed by atoms with Gasteiger partial charge in [-0.3, -0.25) is 4.79 Å². The smallest absolute Gasteiger partial charge is 0.245 e. The average molecular weight is 557 g/mol. The third kappa shape index (κ3) is 5.45. The Morgan fingerprint density at radius 2 is 1.93 bits per heavy atom. The van der Waals surface area contributed by atoms with Crippen LogP contribution >= 0.6 is 0 Å². The molecule has 212 valence electrons. The molecule has 0 aliphatic carbocycles. The van der Waals surface area contributed by atoms with Crippen LogP contribution in [-0.2, 0) is 4.79 Å². The molecule has 41 heavy (non-hydrogen) atoms. The molecule has 4 aromatic rings. The molecule has 2 N–H and O–H groups in total.